The molecule has 1 unspecified atom stereocenters. The van der Waals surface area contributed by atoms with Crippen LogP contribution in [-0.2, 0) is 10.0 Å². The Bertz CT molecular complexity index is 613. The van der Waals surface area contributed by atoms with Crippen molar-refractivity contribution in [2.75, 3.05) is 26.8 Å². The van der Waals surface area contributed by atoms with Crippen molar-refractivity contribution in [1.82, 2.24) is 4.31 Å². The molecule has 0 amide bonds. The van der Waals surface area contributed by atoms with Crippen LogP contribution in [0.25, 0.3) is 0 Å². The van der Waals surface area contributed by atoms with Crippen molar-refractivity contribution in [3.8, 4) is 11.5 Å². The van der Waals surface area contributed by atoms with Gasteiger partial charge in [-0.25, -0.2) is 12.7 Å². The van der Waals surface area contributed by atoms with Crippen LogP contribution >= 0.6 is 0 Å². The van der Waals surface area contributed by atoms with E-state index in [1.165, 1.54) is 4.31 Å². The third kappa shape index (κ3) is 3.93. The first kappa shape index (κ1) is 17.1. The van der Waals surface area contributed by atoms with Crippen molar-refractivity contribution in [2.45, 2.75) is 32.1 Å². The number of sulfonamides is 1. The number of fused-ring (bicyclic) bond motifs is 1. The Morgan fingerprint density at radius 3 is 2.41 bits per heavy atom. The number of rotatable bonds is 6. The van der Waals surface area contributed by atoms with Crippen LogP contribution in [-0.4, -0.2) is 39.5 Å². The summed E-state index contributed by atoms with van der Waals surface area (Å²) in [5, 5.41) is 0. The van der Waals surface area contributed by atoms with Gasteiger partial charge in [0.05, 0.1) is 4.90 Å². The Balaban J connectivity index is 2.15. The second-order valence-electron chi connectivity index (χ2n) is 6.33. The molecule has 1 aliphatic heterocycles. The van der Waals surface area contributed by atoms with Gasteiger partial charge in [0.2, 0.25) is 10.0 Å². The molecule has 0 aromatic heterocycles. The van der Waals surface area contributed by atoms with Gasteiger partial charge in [-0.1, -0.05) is 20.8 Å². The van der Waals surface area contributed by atoms with E-state index in [-0.39, 0.29) is 4.90 Å². The summed E-state index contributed by atoms with van der Waals surface area (Å²) in [4.78, 5) is 0.246. The minimum absolute atomic E-state index is 0.246. The fourth-order valence-electron chi connectivity index (χ4n) is 2.78. The summed E-state index contributed by atoms with van der Waals surface area (Å²) in [6, 6.07) is 4.78. The van der Waals surface area contributed by atoms with Crippen molar-refractivity contribution in [2.24, 2.45) is 11.8 Å². The average molecular weight is 327 g/mol. The Morgan fingerprint density at radius 2 is 1.77 bits per heavy atom. The summed E-state index contributed by atoms with van der Waals surface area (Å²) >= 11 is 0. The van der Waals surface area contributed by atoms with E-state index in [1.54, 1.807) is 25.2 Å². The molecule has 1 aromatic rings. The number of ether oxygens (including phenoxy) is 2. The van der Waals surface area contributed by atoms with Gasteiger partial charge in [0.25, 0.3) is 0 Å². The van der Waals surface area contributed by atoms with Crippen LogP contribution in [0.3, 0.4) is 0 Å². The summed E-state index contributed by atoms with van der Waals surface area (Å²) < 4.78 is 37.7. The second-order valence-corrected chi connectivity index (χ2v) is 8.37. The van der Waals surface area contributed by atoms with Crippen LogP contribution in [0.2, 0.25) is 0 Å². The molecule has 124 valence electrons. The fourth-order valence-corrected chi connectivity index (χ4v) is 4.09. The van der Waals surface area contributed by atoms with E-state index in [9.17, 15) is 8.42 Å². The smallest absolute Gasteiger partial charge is 0.242 e. The second kappa shape index (κ2) is 6.87. The summed E-state index contributed by atoms with van der Waals surface area (Å²) in [5.41, 5.74) is 0. The van der Waals surface area contributed by atoms with Gasteiger partial charge < -0.3 is 9.47 Å². The molecule has 1 aromatic carbocycles. The van der Waals surface area contributed by atoms with Crippen molar-refractivity contribution >= 4 is 10.0 Å². The van der Waals surface area contributed by atoms with Gasteiger partial charge in [-0.2, -0.15) is 0 Å². The molecule has 0 spiro atoms. The number of hydrogen-bond acceptors (Lipinski definition) is 4. The van der Waals surface area contributed by atoms with Crippen LogP contribution in [0.5, 0.6) is 11.5 Å². The minimum Gasteiger partial charge on any atom is -0.486 e. The molecule has 1 aliphatic rings. The van der Waals surface area contributed by atoms with Crippen molar-refractivity contribution in [1.29, 1.82) is 0 Å². The lowest BCUT2D eigenvalue weighted by atomic mass is 9.99. The maximum Gasteiger partial charge on any atom is 0.242 e. The maximum absolute atomic E-state index is 12.7. The van der Waals surface area contributed by atoms with Crippen LogP contribution in [0.1, 0.15) is 27.2 Å². The lowest BCUT2D eigenvalue weighted by molar-refractivity contribution is 0.171. The zero-order chi connectivity index (χ0) is 16.3. The number of hydrogen-bond donors (Lipinski definition) is 0. The van der Waals surface area contributed by atoms with Crippen LogP contribution in [0, 0.1) is 11.8 Å². The predicted molar refractivity (Wildman–Crippen MR) is 85.9 cm³/mol. The number of benzene rings is 1. The van der Waals surface area contributed by atoms with Gasteiger partial charge in [-0.15, -0.1) is 0 Å². The van der Waals surface area contributed by atoms with E-state index >= 15 is 0 Å². The van der Waals surface area contributed by atoms with Gasteiger partial charge in [-0.3, -0.25) is 0 Å². The summed E-state index contributed by atoms with van der Waals surface area (Å²) in [7, 11) is -1.88. The molecule has 0 radical (unpaired) electrons. The maximum atomic E-state index is 12.7. The first-order valence-electron chi connectivity index (χ1n) is 7.66. The van der Waals surface area contributed by atoms with E-state index in [2.05, 4.69) is 20.8 Å². The first-order chi connectivity index (χ1) is 10.3. The highest BCUT2D eigenvalue weighted by Gasteiger charge is 2.25. The molecular formula is C16H25NO4S. The van der Waals surface area contributed by atoms with E-state index in [1.807, 2.05) is 0 Å². The van der Waals surface area contributed by atoms with Gasteiger partial charge >= 0.3 is 0 Å². The minimum atomic E-state index is -3.51. The van der Waals surface area contributed by atoms with Crippen LogP contribution in [0.4, 0.5) is 0 Å². The van der Waals surface area contributed by atoms with Crippen LogP contribution in [0.15, 0.2) is 23.1 Å². The molecule has 22 heavy (non-hydrogen) atoms. The van der Waals surface area contributed by atoms with Gasteiger partial charge in [0, 0.05) is 19.7 Å². The third-order valence-corrected chi connectivity index (χ3v) is 5.48. The summed E-state index contributed by atoms with van der Waals surface area (Å²) in [6.45, 7) is 7.81. The highest BCUT2D eigenvalue weighted by atomic mass is 32.2. The topological polar surface area (TPSA) is 55.8 Å². The Labute approximate surface area is 133 Å². The SMILES string of the molecule is CC(C)CC(C)CN(C)S(=O)(=O)c1ccc2c(c1)OCCO2. The molecule has 1 heterocycles. The zero-order valence-corrected chi connectivity index (χ0v) is 14.5. The van der Waals surface area contributed by atoms with Crippen molar-refractivity contribution in [3.05, 3.63) is 18.2 Å². The molecule has 1 atom stereocenters. The van der Waals surface area contributed by atoms with E-state index < -0.39 is 10.0 Å². The highest BCUT2D eigenvalue weighted by Crippen LogP contribution is 2.33. The molecule has 6 heteroatoms. The standard InChI is InChI=1S/C16H25NO4S/c1-12(2)9-13(3)11-17(4)22(18,19)14-5-6-15-16(10-14)21-8-7-20-15/h5-6,10,12-13H,7-9,11H2,1-4H3. The van der Waals surface area contributed by atoms with E-state index in [0.29, 0.717) is 43.1 Å². The molecule has 5 nitrogen and oxygen atoms in total. The largest absolute Gasteiger partial charge is 0.486 e. The third-order valence-electron chi connectivity index (χ3n) is 3.66. The monoisotopic (exact) mass is 327 g/mol. The first-order valence-corrected chi connectivity index (χ1v) is 9.10. The lowest BCUT2D eigenvalue weighted by Crippen LogP contribution is -2.31. The van der Waals surface area contributed by atoms with Crippen molar-refractivity contribution in [3.63, 3.8) is 0 Å². The zero-order valence-electron chi connectivity index (χ0n) is 13.7. The normalized spacial score (nSPS) is 16.1. The van der Waals surface area contributed by atoms with Gasteiger partial charge in [0.15, 0.2) is 11.5 Å². The number of nitrogens with zero attached hydrogens (tertiary/aromatic N) is 1. The fraction of sp³-hybridized carbons (Fsp3) is 0.625. The summed E-state index contributed by atoms with van der Waals surface area (Å²) in [5.74, 6) is 1.97. The molecule has 0 fully saturated rings. The molecule has 0 saturated heterocycles. The Kier molecular flexibility index (Phi) is 5.34. The highest BCUT2D eigenvalue weighted by molar-refractivity contribution is 7.89. The molecule has 0 N–H and O–H groups in total. The molecular weight excluding hydrogens is 302 g/mol. The quantitative estimate of drug-likeness (QED) is 0.806. The lowest BCUT2D eigenvalue weighted by Gasteiger charge is -2.23. The molecule has 2 rings (SSSR count). The van der Waals surface area contributed by atoms with E-state index in [4.69, 9.17) is 9.47 Å². The Morgan fingerprint density at radius 1 is 1.14 bits per heavy atom. The average Bonchev–Trinajstić information content (AvgIpc) is 2.45. The van der Waals surface area contributed by atoms with Crippen molar-refractivity contribution < 1.29 is 17.9 Å². The predicted octanol–water partition coefficient (Wildman–Crippen LogP) is 2.76. The van der Waals surface area contributed by atoms with Crippen LogP contribution < -0.4 is 9.47 Å². The Hall–Kier alpha value is -1.27. The molecule has 0 bridgehead atoms. The summed E-state index contributed by atoms with van der Waals surface area (Å²) in [6.07, 6.45) is 1.00. The molecule has 0 aliphatic carbocycles. The van der Waals surface area contributed by atoms with Gasteiger partial charge in [-0.05, 0) is 30.4 Å². The van der Waals surface area contributed by atoms with E-state index in [0.717, 1.165) is 6.42 Å². The van der Waals surface area contributed by atoms with Gasteiger partial charge in [0.1, 0.15) is 13.2 Å². The molecule has 0 saturated carbocycles.